The van der Waals surface area contributed by atoms with Crippen LogP contribution in [-0.2, 0) is 7.05 Å². The second-order valence-electron chi connectivity index (χ2n) is 10.0. The molecule has 1 nitrogen and oxygen atoms in total. The Morgan fingerprint density at radius 2 is 0.564 bits per heavy atom. The van der Waals surface area contributed by atoms with E-state index in [2.05, 4.69) is 153 Å². The molecule has 0 unspecified atom stereocenters. The second-order valence-corrected chi connectivity index (χ2v) is 10.0. The van der Waals surface area contributed by atoms with E-state index in [0.717, 1.165) is 0 Å². The summed E-state index contributed by atoms with van der Waals surface area (Å²) < 4.78 is 2.02. The van der Waals surface area contributed by atoms with E-state index in [1.165, 1.54) is 55.6 Å². The molecule has 0 aliphatic rings. The number of benzene rings is 5. The SMILES string of the molecule is Cc1cc[n+](C)cc1.Cc1ccc(-c2ccc(-c3ccc(-c4ccc(-c5ccccc5)cc4)cc3)cc2)cc1. The van der Waals surface area contributed by atoms with Gasteiger partial charge in [-0.1, -0.05) is 133 Å². The number of aryl methyl sites for hydroxylation is 3. The fourth-order valence-corrected chi connectivity index (χ4v) is 4.52. The van der Waals surface area contributed by atoms with E-state index in [0.29, 0.717) is 0 Å². The van der Waals surface area contributed by atoms with Gasteiger partial charge in [-0.2, -0.15) is 0 Å². The molecule has 0 saturated heterocycles. The lowest BCUT2D eigenvalue weighted by Gasteiger charge is -2.08. The van der Waals surface area contributed by atoms with Crippen LogP contribution in [0.5, 0.6) is 0 Å². The van der Waals surface area contributed by atoms with Crippen molar-refractivity contribution in [2.24, 2.45) is 7.05 Å². The molecule has 190 valence electrons. The summed E-state index contributed by atoms with van der Waals surface area (Å²) in [5.74, 6) is 0. The topological polar surface area (TPSA) is 3.88 Å². The summed E-state index contributed by atoms with van der Waals surface area (Å²) in [6.45, 7) is 4.20. The van der Waals surface area contributed by atoms with E-state index in [1.807, 2.05) is 24.0 Å². The average molecular weight is 505 g/mol. The minimum Gasteiger partial charge on any atom is -0.208 e. The van der Waals surface area contributed by atoms with Crippen molar-refractivity contribution in [3.63, 3.8) is 0 Å². The summed E-state index contributed by atoms with van der Waals surface area (Å²) in [7, 11) is 2.01. The van der Waals surface area contributed by atoms with Gasteiger partial charge in [-0.15, -0.1) is 0 Å². The molecule has 0 spiro atoms. The Morgan fingerprint density at radius 1 is 0.308 bits per heavy atom. The molecule has 5 aromatic carbocycles. The Hall–Kier alpha value is -4.75. The summed E-state index contributed by atoms with van der Waals surface area (Å²) in [6, 6.07) is 49.8. The normalized spacial score (nSPS) is 10.4. The Kier molecular flexibility index (Phi) is 8.09. The van der Waals surface area contributed by atoms with Gasteiger partial charge in [-0.25, -0.2) is 4.57 Å². The smallest absolute Gasteiger partial charge is 0.168 e. The number of hydrogen-bond acceptors (Lipinski definition) is 0. The third-order valence-corrected chi connectivity index (χ3v) is 6.96. The van der Waals surface area contributed by atoms with Crippen molar-refractivity contribution in [2.75, 3.05) is 0 Å². The molecule has 6 rings (SSSR count). The predicted octanol–water partition coefficient (Wildman–Crippen LogP) is 9.48. The van der Waals surface area contributed by atoms with Crippen molar-refractivity contribution in [2.45, 2.75) is 13.8 Å². The molecule has 1 heterocycles. The molecule has 0 fully saturated rings. The van der Waals surface area contributed by atoms with Gasteiger partial charge in [-0.3, -0.25) is 0 Å². The van der Waals surface area contributed by atoms with E-state index in [1.54, 1.807) is 0 Å². The summed E-state index contributed by atoms with van der Waals surface area (Å²) >= 11 is 0. The number of rotatable bonds is 4. The molecule has 0 saturated carbocycles. The van der Waals surface area contributed by atoms with Crippen molar-refractivity contribution >= 4 is 0 Å². The zero-order valence-electron chi connectivity index (χ0n) is 22.9. The van der Waals surface area contributed by atoms with Crippen molar-refractivity contribution in [1.29, 1.82) is 0 Å². The van der Waals surface area contributed by atoms with Crippen LogP contribution in [-0.4, -0.2) is 0 Å². The molecule has 6 aromatic rings. The molecule has 0 atom stereocenters. The third-order valence-electron chi connectivity index (χ3n) is 6.96. The molecule has 0 bridgehead atoms. The monoisotopic (exact) mass is 504 g/mol. The summed E-state index contributed by atoms with van der Waals surface area (Å²) in [5, 5.41) is 0. The maximum atomic E-state index is 2.21. The zero-order valence-corrected chi connectivity index (χ0v) is 22.9. The van der Waals surface area contributed by atoms with Crippen LogP contribution in [0.15, 0.2) is 152 Å². The molecule has 0 aliphatic heterocycles. The number of nitrogens with zero attached hydrogens (tertiary/aromatic N) is 1. The first-order chi connectivity index (χ1) is 19.0. The molecular formula is C38H34N+. The summed E-state index contributed by atoms with van der Waals surface area (Å²) in [5.41, 5.74) is 12.5. The molecular weight excluding hydrogens is 470 g/mol. The van der Waals surface area contributed by atoms with E-state index in [-0.39, 0.29) is 0 Å². The Morgan fingerprint density at radius 3 is 0.872 bits per heavy atom. The highest BCUT2D eigenvalue weighted by Gasteiger charge is 2.03. The lowest BCUT2D eigenvalue weighted by atomic mass is 9.97. The highest BCUT2D eigenvalue weighted by molar-refractivity contribution is 5.75. The predicted molar refractivity (Wildman–Crippen MR) is 165 cm³/mol. The highest BCUT2D eigenvalue weighted by atomic mass is 14.9. The van der Waals surface area contributed by atoms with E-state index < -0.39 is 0 Å². The molecule has 0 radical (unpaired) electrons. The minimum absolute atomic E-state index is 1.24. The van der Waals surface area contributed by atoms with Gasteiger partial charge in [0.2, 0.25) is 0 Å². The zero-order chi connectivity index (χ0) is 27.0. The quantitative estimate of drug-likeness (QED) is 0.210. The van der Waals surface area contributed by atoms with Gasteiger partial charge in [0, 0.05) is 12.1 Å². The Bertz CT molecular complexity index is 1570. The van der Waals surface area contributed by atoms with Crippen LogP contribution >= 0.6 is 0 Å². The van der Waals surface area contributed by atoms with Crippen molar-refractivity contribution < 1.29 is 4.57 Å². The van der Waals surface area contributed by atoms with Gasteiger partial charge in [0.05, 0.1) is 0 Å². The van der Waals surface area contributed by atoms with Crippen LogP contribution in [0.4, 0.5) is 0 Å². The lowest BCUT2D eigenvalue weighted by molar-refractivity contribution is -0.671. The van der Waals surface area contributed by atoms with Crippen LogP contribution in [0.3, 0.4) is 0 Å². The third kappa shape index (κ3) is 6.77. The first-order valence-corrected chi connectivity index (χ1v) is 13.4. The van der Waals surface area contributed by atoms with Crippen LogP contribution in [0, 0.1) is 13.8 Å². The van der Waals surface area contributed by atoms with Gasteiger partial charge in [-0.05, 0) is 63.9 Å². The van der Waals surface area contributed by atoms with Gasteiger partial charge in [0.25, 0.3) is 0 Å². The second kappa shape index (κ2) is 12.2. The van der Waals surface area contributed by atoms with Gasteiger partial charge in [0.15, 0.2) is 12.4 Å². The van der Waals surface area contributed by atoms with Gasteiger partial charge in [0.1, 0.15) is 7.05 Å². The fraction of sp³-hybridized carbons (Fsp3) is 0.0789. The molecule has 1 heteroatoms. The maximum Gasteiger partial charge on any atom is 0.168 e. The van der Waals surface area contributed by atoms with Gasteiger partial charge >= 0.3 is 0 Å². The van der Waals surface area contributed by atoms with E-state index in [4.69, 9.17) is 0 Å². The van der Waals surface area contributed by atoms with Crippen molar-refractivity contribution in [3.05, 3.63) is 163 Å². The summed E-state index contributed by atoms with van der Waals surface area (Å²) in [6.07, 6.45) is 4.07. The fourth-order valence-electron chi connectivity index (χ4n) is 4.52. The molecule has 0 aliphatic carbocycles. The first-order valence-electron chi connectivity index (χ1n) is 13.4. The standard InChI is InChI=1S/C31H24.C7H10N/c1-23-7-9-25(10-8-23)27-15-17-29(18-16-27)31-21-19-30(20-22-31)28-13-11-26(12-14-28)24-5-3-2-4-6-24;1-7-3-5-8(2)6-4-7/h2-22H,1H3;3-6H,1-2H3/q;+1. The molecule has 1 aromatic heterocycles. The van der Waals surface area contributed by atoms with Crippen LogP contribution in [0.25, 0.3) is 44.5 Å². The molecule has 0 N–H and O–H groups in total. The Labute approximate surface area is 232 Å². The van der Waals surface area contributed by atoms with Crippen molar-refractivity contribution in [1.82, 2.24) is 0 Å². The van der Waals surface area contributed by atoms with Crippen LogP contribution < -0.4 is 4.57 Å². The minimum atomic E-state index is 1.24. The van der Waals surface area contributed by atoms with Crippen molar-refractivity contribution in [3.8, 4) is 44.5 Å². The maximum absolute atomic E-state index is 2.21. The summed E-state index contributed by atoms with van der Waals surface area (Å²) in [4.78, 5) is 0. The average Bonchev–Trinajstić information content (AvgIpc) is 3.00. The molecule has 39 heavy (non-hydrogen) atoms. The number of aromatic nitrogens is 1. The lowest BCUT2D eigenvalue weighted by Crippen LogP contribution is -2.25. The largest absolute Gasteiger partial charge is 0.208 e. The first kappa shape index (κ1) is 25.9. The van der Waals surface area contributed by atoms with E-state index in [9.17, 15) is 0 Å². The van der Waals surface area contributed by atoms with Crippen LogP contribution in [0.2, 0.25) is 0 Å². The van der Waals surface area contributed by atoms with Crippen LogP contribution in [0.1, 0.15) is 11.1 Å². The number of pyridine rings is 1. The molecule has 0 amide bonds. The Balaban J connectivity index is 0.000000332. The van der Waals surface area contributed by atoms with Gasteiger partial charge < -0.3 is 0 Å². The number of hydrogen-bond donors (Lipinski definition) is 0. The van der Waals surface area contributed by atoms with E-state index >= 15 is 0 Å². The highest BCUT2D eigenvalue weighted by Crippen LogP contribution is 2.29.